The molecule has 1 N–H and O–H groups in total. The molecule has 1 aromatic carbocycles. The molecule has 0 unspecified atom stereocenters. The molecular formula is C14H19NO5. The molecule has 0 aromatic heterocycles. The summed E-state index contributed by atoms with van der Waals surface area (Å²) in [5, 5.41) is 9.52. The number of phenols is 1. The molecule has 6 nitrogen and oxygen atoms in total. The first-order valence-electron chi connectivity index (χ1n) is 6.33. The van der Waals surface area contributed by atoms with Crippen molar-refractivity contribution in [3.63, 3.8) is 0 Å². The molecule has 1 rings (SSSR count). The normalized spacial score (nSPS) is 9.90. The van der Waals surface area contributed by atoms with E-state index in [0.717, 1.165) is 0 Å². The van der Waals surface area contributed by atoms with Crippen molar-refractivity contribution in [2.45, 2.75) is 13.3 Å². The quantitative estimate of drug-likeness (QED) is 0.760. The molecule has 0 bridgehead atoms. The van der Waals surface area contributed by atoms with Crippen molar-refractivity contribution in [1.82, 2.24) is 4.90 Å². The molecule has 20 heavy (non-hydrogen) atoms. The third-order valence-corrected chi connectivity index (χ3v) is 2.76. The number of methoxy groups -OCH3 is 1. The molecule has 6 heteroatoms. The molecule has 0 aliphatic heterocycles. The summed E-state index contributed by atoms with van der Waals surface area (Å²) in [7, 11) is 1.31. The van der Waals surface area contributed by atoms with Crippen molar-refractivity contribution in [3.8, 4) is 11.5 Å². The number of hydrogen-bond acceptors (Lipinski definition) is 5. The Morgan fingerprint density at radius 3 is 2.60 bits per heavy atom. The number of rotatable bonds is 7. The van der Waals surface area contributed by atoms with Crippen LogP contribution in [0.4, 0.5) is 0 Å². The average Bonchev–Trinajstić information content (AvgIpc) is 2.46. The van der Waals surface area contributed by atoms with E-state index >= 15 is 0 Å². The van der Waals surface area contributed by atoms with Crippen LogP contribution < -0.4 is 4.74 Å². The fraction of sp³-hybridized carbons (Fsp3) is 0.429. The van der Waals surface area contributed by atoms with E-state index in [1.165, 1.54) is 18.1 Å². The lowest BCUT2D eigenvalue weighted by Crippen LogP contribution is -2.36. The number of ether oxygens (including phenoxy) is 2. The van der Waals surface area contributed by atoms with E-state index < -0.39 is 0 Å². The average molecular weight is 281 g/mol. The van der Waals surface area contributed by atoms with E-state index in [4.69, 9.17) is 4.74 Å². The Kier molecular flexibility index (Phi) is 6.36. The van der Waals surface area contributed by atoms with Gasteiger partial charge in [-0.15, -0.1) is 0 Å². The Bertz CT molecular complexity index is 461. The van der Waals surface area contributed by atoms with Crippen LogP contribution in [0.2, 0.25) is 0 Å². The van der Waals surface area contributed by atoms with E-state index in [0.29, 0.717) is 6.54 Å². The fourth-order valence-electron chi connectivity index (χ4n) is 1.60. The predicted molar refractivity (Wildman–Crippen MR) is 72.5 cm³/mol. The van der Waals surface area contributed by atoms with Crippen LogP contribution in [0.25, 0.3) is 0 Å². The molecule has 110 valence electrons. The number of esters is 1. The van der Waals surface area contributed by atoms with Crippen molar-refractivity contribution >= 4 is 11.9 Å². The van der Waals surface area contributed by atoms with Gasteiger partial charge in [0.05, 0.1) is 13.5 Å². The molecule has 0 heterocycles. The minimum Gasteiger partial charge on any atom is -0.504 e. The van der Waals surface area contributed by atoms with Gasteiger partial charge in [-0.05, 0) is 19.1 Å². The van der Waals surface area contributed by atoms with E-state index in [1.807, 2.05) is 6.92 Å². The second-order valence-electron chi connectivity index (χ2n) is 4.06. The number of benzene rings is 1. The topological polar surface area (TPSA) is 76.1 Å². The third kappa shape index (κ3) is 4.79. The lowest BCUT2D eigenvalue weighted by Gasteiger charge is -2.20. The molecule has 1 aromatic rings. The SMILES string of the molecule is CCN(CCC(=O)OC)C(=O)COc1ccccc1O. The Balaban J connectivity index is 2.47. The highest BCUT2D eigenvalue weighted by Crippen LogP contribution is 2.24. The van der Waals surface area contributed by atoms with Gasteiger partial charge >= 0.3 is 5.97 Å². The minimum absolute atomic E-state index is 0.0158. The van der Waals surface area contributed by atoms with Gasteiger partial charge in [0.15, 0.2) is 18.1 Å². The second kappa shape index (κ2) is 8.04. The summed E-state index contributed by atoms with van der Waals surface area (Å²) in [6.45, 7) is 2.38. The molecular weight excluding hydrogens is 262 g/mol. The summed E-state index contributed by atoms with van der Waals surface area (Å²) in [5.41, 5.74) is 0. The van der Waals surface area contributed by atoms with Crippen molar-refractivity contribution in [1.29, 1.82) is 0 Å². The second-order valence-corrected chi connectivity index (χ2v) is 4.06. The number of likely N-dealkylation sites (N-methyl/N-ethyl adjacent to an activating group) is 1. The Morgan fingerprint density at radius 2 is 2.00 bits per heavy atom. The van der Waals surface area contributed by atoms with Gasteiger partial charge in [-0.1, -0.05) is 12.1 Å². The van der Waals surface area contributed by atoms with Gasteiger partial charge in [0.1, 0.15) is 0 Å². The molecule has 0 fully saturated rings. The summed E-state index contributed by atoms with van der Waals surface area (Å²) in [6, 6.07) is 6.43. The summed E-state index contributed by atoms with van der Waals surface area (Å²) < 4.78 is 9.79. The molecule has 1 amide bonds. The zero-order valence-corrected chi connectivity index (χ0v) is 11.7. The number of amides is 1. The molecule has 0 saturated heterocycles. The first-order valence-corrected chi connectivity index (χ1v) is 6.33. The Hall–Kier alpha value is -2.24. The van der Waals surface area contributed by atoms with Crippen LogP contribution in [-0.2, 0) is 14.3 Å². The number of carbonyl (C=O) groups excluding carboxylic acids is 2. The lowest BCUT2D eigenvalue weighted by molar-refractivity contribution is -0.142. The first kappa shape index (κ1) is 15.8. The number of nitrogens with zero attached hydrogens (tertiary/aromatic N) is 1. The lowest BCUT2D eigenvalue weighted by atomic mass is 10.3. The smallest absolute Gasteiger partial charge is 0.307 e. The van der Waals surface area contributed by atoms with Gasteiger partial charge in [0.2, 0.25) is 0 Å². The van der Waals surface area contributed by atoms with Crippen LogP contribution in [0.3, 0.4) is 0 Å². The fourth-order valence-corrected chi connectivity index (χ4v) is 1.60. The van der Waals surface area contributed by atoms with Crippen LogP contribution in [-0.4, -0.2) is 48.7 Å². The number of carbonyl (C=O) groups is 2. The van der Waals surface area contributed by atoms with Gasteiger partial charge < -0.3 is 19.5 Å². The number of hydrogen-bond donors (Lipinski definition) is 1. The zero-order chi connectivity index (χ0) is 15.0. The third-order valence-electron chi connectivity index (χ3n) is 2.76. The van der Waals surface area contributed by atoms with E-state index in [2.05, 4.69) is 4.74 Å². The molecule has 0 saturated carbocycles. The maximum absolute atomic E-state index is 11.9. The van der Waals surface area contributed by atoms with Crippen LogP contribution in [0, 0.1) is 0 Å². The van der Waals surface area contributed by atoms with Gasteiger partial charge in [0, 0.05) is 13.1 Å². The Labute approximate surface area is 117 Å². The predicted octanol–water partition coefficient (Wildman–Crippen LogP) is 1.18. The summed E-state index contributed by atoms with van der Waals surface area (Å²) in [6.07, 6.45) is 0.146. The van der Waals surface area contributed by atoms with Crippen LogP contribution >= 0.6 is 0 Å². The maximum atomic E-state index is 11.9. The van der Waals surface area contributed by atoms with Gasteiger partial charge in [0.25, 0.3) is 5.91 Å². The van der Waals surface area contributed by atoms with Gasteiger partial charge in [-0.25, -0.2) is 0 Å². The van der Waals surface area contributed by atoms with E-state index in [9.17, 15) is 14.7 Å². The van der Waals surface area contributed by atoms with Crippen molar-refractivity contribution in [3.05, 3.63) is 24.3 Å². The molecule has 0 spiro atoms. The van der Waals surface area contributed by atoms with Crippen LogP contribution in [0.15, 0.2) is 24.3 Å². The molecule has 0 aliphatic rings. The summed E-state index contributed by atoms with van der Waals surface area (Å²) >= 11 is 0. The van der Waals surface area contributed by atoms with Gasteiger partial charge in [-0.2, -0.15) is 0 Å². The summed E-state index contributed by atoms with van der Waals surface area (Å²) in [4.78, 5) is 24.5. The molecule has 0 atom stereocenters. The van der Waals surface area contributed by atoms with Gasteiger partial charge in [-0.3, -0.25) is 9.59 Å². The maximum Gasteiger partial charge on any atom is 0.307 e. The number of para-hydroxylation sites is 2. The van der Waals surface area contributed by atoms with Crippen molar-refractivity contribution in [2.24, 2.45) is 0 Å². The summed E-state index contributed by atoms with van der Waals surface area (Å²) in [5.74, 6) is -0.375. The monoisotopic (exact) mass is 281 g/mol. The highest BCUT2D eigenvalue weighted by Gasteiger charge is 2.14. The van der Waals surface area contributed by atoms with Crippen molar-refractivity contribution < 1.29 is 24.2 Å². The highest BCUT2D eigenvalue weighted by atomic mass is 16.5. The zero-order valence-electron chi connectivity index (χ0n) is 11.7. The highest BCUT2D eigenvalue weighted by molar-refractivity contribution is 5.78. The number of aromatic hydroxyl groups is 1. The molecule has 0 radical (unpaired) electrons. The van der Waals surface area contributed by atoms with Crippen LogP contribution in [0.5, 0.6) is 11.5 Å². The van der Waals surface area contributed by atoms with Crippen LogP contribution in [0.1, 0.15) is 13.3 Å². The first-order chi connectivity index (χ1) is 9.58. The Morgan fingerprint density at radius 1 is 1.30 bits per heavy atom. The molecule has 0 aliphatic carbocycles. The minimum atomic E-state index is -0.363. The number of phenolic OH excluding ortho intramolecular Hbond substituents is 1. The van der Waals surface area contributed by atoms with E-state index in [-0.39, 0.29) is 42.9 Å². The largest absolute Gasteiger partial charge is 0.504 e. The van der Waals surface area contributed by atoms with Crippen molar-refractivity contribution in [2.75, 3.05) is 26.8 Å². The van der Waals surface area contributed by atoms with E-state index in [1.54, 1.807) is 18.2 Å². The standard InChI is InChI=1S/C14H19NO5/c1-3-15(9-8-14(18)19-2)13(17)10-20-12-7-5-4-6-11(12)16/h4-7,16H,3,8-10H2,1-2H3.